The number of nitro groups is 1. The van der Waals surface area contributed by atoms with Crippen LogP contribution >= 0.6 is 0 Å². The second-order valence-corrected chi connectivity index (χ2v) is 5.48. The van der Waals surface area contributed by atoms with Crippen molar-refractivity contribution in [1.29, 1.82) is 0 Å². The first kappa shape index (κ1) is 15.6. The second kappa shape index (κ2) is 6.07. The zero-order valence-electron chi connectivity index (χ0n) is 13.2. The van der Waals surface area contributed by atoms with Gasteiger partial charge in [-0.15, -0.1) is 0 Å². The number of hydrogen-bond donors (Lipinski definition) is 0. The van der Waals surface area contributed by atoms with Crippen LogP contribution < -0.4 is 5.69 Å². The van der Waals surface area contributed by atoms with E-state index in [4.69, 9.17) is 0 Å². The largest absolute Gasteiger partial charge is 0.388 e. The van der Waals surface area contributed by atoms with Crippen molar-refractivity contribution in [3.63, 3.8) is 0 Å². The highest BCUT2D eigenvalue weighted by molar-refractivity contribution is 5.42. The van der Waals surface area contributed by atoms with Gasteiger partial charge >= 0.3 is 5.69 Å². The highest BCUT2D eigenvalue weighted by Crippen LogP contribution is 2.19. The monoisotopic (exact) mass is 325 g/mol. The number of nitro benzene ring substituents is 1. The Morgan fingerprint density at radius 3 is 2.54 bits per heavy atom. The van der Waals surface area contributed by atoms with Crippen LogP contribution in [0.3, 0.4) is 0 Å². The third-order valence-corrected chi connectivity index (χ3v) is 3.77. The topological polar surface area (TPSA) is 95.8 Å². The lowest BCUT2D eigenvalue weighted by atomic mass is 10.1. The van der Waals surface area contributed by atoms with Gasteiger partial charge in [0.05, 0.1) is 17.2 Å². The van der Waals surface area contributed by atoms with E-state index >= 15 is 0 Å². The van der Waals surface area contributed by atoms with Crippen LogP contribution in [0.4, 0.5) is 5.69 Å². The number of nitrogens with zero attached hydrogens (tertiary/aromatic N) is 5. The van der Waals surface area contributed by atoms with Gasteiger partial charge in [0.2, 0.25) is 0 Å². The highest BCUT2D eigenvalue weighted by Gasteiger charge is 2.14. The fourth-order valence-corrected chi connectivity index (χ4v) is 2.59. The molecule has 8 heteroatoms. The van der Waals surface area contributed by atoms with E-state index in [0.717, 1.165) is 11.1 Å². The molecule has 122 valence electrons. The van der Waals surface area contributed by atoms with E-state index in [2.05, 4.69) is 10.3 Å². The fraction of sp³-hybridized carbons (Fsp3) is 0.188. The zero-order chi connectivity index (χ0) is 17.3. The Morgan fingerprint density at radius 2 is 1.88 bits per heavy atom. The predicted octanol–water partition coefficient (Wildman–Crippen LogP) is 2.00. The molecular weight excluding hydrogens is 310 g/mol. The Hall–Kier alpha value is -3.29. The molecule has 0 aliphatic heterocycles. The van der Waals surface area contributed by atoms with Gasteiger partial charge in [-0.25, -0.2) is 4.79 Å². The van der Waals surface area contributed by atoms with Crippen molar-refractivity contribution < 1.29 is 4.92 Å². The van der Waals surface area contributed by atoms with E-state index < -0.39 is 10.6 Å². The average molecular weight is 325 g/mol. The van der Waals surface area contributed by atoms with Crippen molar-refractivity contribution in [2.24, 2.45) is 0 Å². The van der Waals surface area contributed by atoms with Crippen LogP contribution in [-0.4, -0.2) is 24.7 Å². The maximum absolute atomic E-state index is 12.1. The van der Waals surface area contributed by atoms with E-state index in [1.807, 2.05) is 31.2 Å². The van der Waals surface area contributed by atoms with E-state index in [1.54, 1.807) is 19.1 Å². The molecule has 0 aliphatic carbocycles. The summed E-state index contributed by atoms with van der Waals surface area (Å²) in [4.78, 5) is 24.0. The SMILES string of the molecule is Cc1ccccc1-n1c(=O)nnn1Cc1ccc([N+](=O)[O-])c(C)c1. The number of aromatic nitrogens is 4. The molecule has 0 saturated carbocycles. The van der Waals surface area contributed by atoms with Gasteiger partial charge in [-0.1, -0.05) is 29.4 Å². The van der Waals surface area contributed by atoms with Crippen LogP contribution in [0.25, 0.3) is 5.69 Å². The third kappa shape index (κ3) is 2.81. The summed E-state index contributed by atoms with van der Waals surface area (Å²) in [5.74, 6) is 0. The summed E-state index contributed by atoms with van der Waals surface area (Å²) < 4.78 is 1.39. The molecule has 0 fully saturated rings. The molecule has 0 unspecified atom stereocenters. The van der Waals surface area contributed by atoms with Gasteiger partial charge < -0.3 is 0 Å². The molecule has 0 aliphatic rings. The van der Waals surface area contributed by atoms with Gasteiger partial charge in [0.25, 0.3) is 5.69 Å². The maximum atomic E-state index is 12.1. The van der Waals surface area contributed by atoms with Gasteiger partial charge in [0, 0.05) is 11.6 Å². The lowest BCUT2D eigenvalue weighted by molar-refractivity contribution is -0.385. The summed E-state index contributed by atoms with van der Waals surface area (Å²) in [6.45, 7) is 3.86. The summed E-state index contributed by atoms with van der Waals surface area (Å²) in [7, 11) is 0. The molecular formula is C16H15N5O3. The average Bonchev–Trinajstić information content (AvgIpc) is 2.88. The van der Waals surface area contributed by atoms with Gasteiger partial charge in [-0.2, -0.15) is 9.48 Å². The number of rotatable bonds is 4. The summed E-state index contributed by atoms with van der Waals surface area (Å²) in [5.41, 5.74) is 2.57. The van der Waals surface area contributed by atoms with Crippen LogP contribution in [0, 0.1) is 24.0 Å². The standard InChI is InChI=1S/C16H15N5O3/c1-11-5-3-4-6-14(11)20-16(22)17-18-19(20)10-13-7-8-15(21(23)24)12(2)9-13/h3-9H,10H2,1-2H3. The zero-order valence-corrected chi connectivity index (χ0v) is 13.2. The molecule has 1 aromatic heterocycles. The summed E-state index contributed by atoms with van der Waals surface area (Å²) in [5, 5.41) is 18.4. The van der Waals surface area contributed by atoms with Gasteiger partial charge in [0.1, 0.15) is 0 Å². The molecule has 0 radical (unpaired) electrons. The number of hydrogen-bond acceptors (Lipinski definition) is 5. The third-order valence-electron chi connectivity index (χ3n) is 3.77. The molecule has 0 bridgehead atoms. The van der Waals surface area contributed by atoms with Crippen LogP contribution in [0.1, 0.15) is 16.7 Å². The first-order valence-electron chi connectivity index (χ1n) is 7.30. The Morgan fingerprint density at radius 1 is 1.12 bits per heavy atom. The smallest absolute Gasteiger partial charge is 0.258 e. The molecule has 1 heterocycles. The minimum Gasteiger partial charge on any atom is -0.258 e. The Bertz CT molecular complexity index is 974. The Balaban J connectivity index is 2.01. The Labute approximate surface area is 137 Å². The Kier molecular flexibility index (Phi) is 3.95. The van der Waals surface area contributed by atoms with Crippen LogP contribution in [-0.2, 0) is 6.54 Å². The molecule has 24 heavy (non-hydrogen) atoms. The molecule has 3 rings (SSSR count). The summed E-state index contributed by atoms with van der Waals surface area (Å²) >= 11 is 0. The lowest BCUT2D eigenvalue weighted by Gasteiger charge is -2.11. The van der Waals surface area contributed by atoms with Crippen molar-refractivity contribution in [2.45, 2.75) is 20.4 Å². The molecule has 2 aromatic carbocycles. The van der Waals surface area contributed by atoms with Crippen molar-refractivity contribution in [1.82, 2.24) is 19.8 Å². The summed E-state index contributed by atoms with van der Waals surface area (Å²) in [6, 6.07) is 12.3. The molecule has 0 spiro atoms. The number of benzene rings is 2. The van der Waals surface area contributed by atoms with Crippen molar-refractivity contribution in [3.8, 4) is 5.69 Å². The van der Waals surface area contributed by atoms with Crippen LogP contribution in [0.5, 0.6) is 0 Å². The number of para-hydroxylation sites is 1. The molecule has 0 atom stereocenters. The van der Waals surface area contributed by atoms with E-state index in [9.17, 15) is 14.9 Å². The second-order valence-electron chi connectivity index (χ2n) is 5.48. The quantitative estimate of drug-likeness (QED) is 0.540. The van der Waals surface area contributed by atoms with Gasteiger partial charge in [0.15, 0.2) is 0 Å². The van der Waals surface area contributed by atoms with Crippen LogP contribution in [0.15, 0.2) is 47.3 Å². The molecule has 0 amide bonds. The van der Waals surface area contributed by atoms with Gasteiger partial charge in [-0.3, -0.25) is 10.1 Å². The first-order valence-corrected chi connectivity index (χ1v) is 7.30. The fourth-order valence-electron chi connectivity index (χ4n) is 2.59. The minimum absolute atomic E-state index is 0.0636. The summed E-state index contributed by atoms with van der Waals surface area (Å²) in [6.07, 6.45) is 0. The highest BCUT2D eigenvalue weighted by atomic mass is 16.6. The lowest BCUT2D eigenvalue weighted by Crippen LogP contribution is -2.23. The van der Waals surface area contributed by atoms with Crippen molar-refractivity contribution in [2.75, 3.05) is 0 Å². The normalized spacial score (nSPS) is 10.8. The minimum atomic E-state index is -0.470. The number of tetrazole rings is 1. The van der Waals surface area contributed by atoms with E-state index in [1.165, 1.54) is 15.5 Å². The first-order chi connectivity index (χ1) is 11.5. The van der Waals surface area contributed by atoms with Crippen LogP contribution in [0.2, 0.25) is 0 Å². The van der Waals surface area contributed by atoms with E-state index in [-0.39, 0.29) is 12.2 Å². The molecule has 0 saturated heterocycles. The maximum Gasteiger partial charge on any atom is 0.388 e. The molecule has 3 aromatic rings. The number of aryl methyl sites for hydroxylation is 2. The molecule has 8 nitrogen and oxygen atoms in total. The predicted molar refractivity (Wildman–Crippen MR) is 87.3 cm³/mol. The van der Waals surface area contributed by atoms with Crippen molar-refractivity contribution >= 4 is 5.69 Å². The molecule has 0 N–H and O–H groups in total. The van der Waals surface area contributed by atoms with E-state index in [0.29, 0.717) is 11.3 Å². The van der Waals surface area contributed by atoms with Gasteiger partial charge in [-0.05, 0) is 42.3 Å². The van der Waals surface area contributed by atoms with Crippen molar-refractivity contribution in [3.05, 3.63) is 79.8 Å².